The minimum atomic E-state index is 0.128. The summed E-state index contributed by atoms with van der Waals surface area (Å²) in [5.41, 5.74) is 2.75. The van der Waals surface area contributed by atoms with Crippen molar-refractivity contribution < 1.29 is 0 Å². The predicted octanol–water partition coefficient (Wildman–Crippen LogP) is 4.30. The second-order valence-electron chi connectivity index (χ2n) is 4.29. The highest BCUT2D eigenvalue weighted by Gasteiger charge is 2.35. The highest BCUT2D eigenvalue weighted by atomic mass is 35.5. The van der Waals surface area contributed by atoms with Gasteiger partial charge in [-0.15, -0.1) is 11.6 Å². The second-order valence-corrected chi connectivity index (χ2v) is 5.25. The topological polar surface area (TPSA) is 0 Å². The van der Waals surface area contributed by atoms with Crippen molar-refractivity contribution in [2.45, 2.75) is 31.1 Å². The summed E-state index contributed by atoms with van der Waals surface area (Å²) in [6.07, 6.45) is 1.00. The van der Waals surface area contributed by atoms with Gasteiger partial charge in [0, 0.05) is 5.02 Å². The van der Waals surface area contributed by atoms with Crippen LogP contribution in [-0.4, -0.2) is 0 Å². The minimum Gasteiger partial charge on any atom is -0.118 e. The molecule has 0 N–H and O–H groups in total. The molecule has 0 saturated carbocycles. The SMILES string of the molecule is CC1(C)CC(Cl)c2cc(Cl)ccc21. The van der Waals surface area contributed by atoms with Gasteiger partial charge < -0.3 is 0 Å². The molecule has 0 heterocycles. The van der Waals surface area contributed by atoms with Gasteiger partial charge in [0.15, 0.2) is 0 Å². The van der Waals surface area contributed by atoms with Gasteiger partial charge in [0.1, 0.15) is 0 Å². The molecule has 13 heavy (non-hydrogen) atoms. The Hall–Kier alpha value is -0.200. The van der Waals surface area contributed by atoms with Crippen LogP contribution in [0.25, 0.3) is 0 Å². The first-order chi connectivity index (χ1) is 6.00. The molecular weight excluding hydrogens is 203 g/mol. The molecule has 1 unspecified atom stereocenters. The molecule has 0 aliphatic heterocycles. The molecule has 1 aliphatic carbocycles. The van der Waals surface area contributed by atoms with E-state index in [1.54, 1.807) is 0 Å². The van der Waals surface area contributed by atoms with Crippen LogP contribution in [0.3, 0.4) is 0 Å². The van der Waals surface area contributed by atoms with E-state index in [1.807, 2.05) is 12.1 Å². The monoisotopic (exact) mass is 214 g/mol. The normalized spacial score (nSPS) is 24.5. The maximum Gasteiger partial charge on any atom is 0.0596 e. The molecule has 70 valence electrons. The number of benzene rings is 1. The van der Waals surface area contributed by atoms with Crippen LogP contribution in [-0.2, 0) is 5.41 Å². The van der Waals surface area contributed by atoms with E-state index in [-0.39, 0.29) is 10.8 Å². The lowest BCUT2D eigenvalue weighted by Gasteiger charge is -2.18. The highest BCUT2D eigenvalue weighted by molar-refractivity contribution is 6.31. The van der Waals surface area contributed by atoms with Crippen molar-refractivity contribution >= 4 is 23.2 Å². The Morgan fingerprint density at radius 2 is 2.08 bits per heavy atom. The lowest BCUT2D eigenvalue weighted by molar-refractivity contribution is 0.516. The summed E-state index contributed by atoms with van der Waals surface area (Å²) in [5, 5.41) is 0.908. The van der Waals surface area contributed by atoms with E-state index in [4.69, 9.17) is 23.2 Å². The lowest BCUT2D eigenvalue weighted by Crippen LogP contribution is -2.11. The third kappa shape index (κ3) is 1.47. The largest absolute Gasteiger partial charge is 0.118 e. The molecule has 0 spiro atoms. The van der Waals surface area contributed by atoms with Gasteiger partial charge in [0.05, 0.1) is 5.38 Å². The fraction of sp³-hybridized carbons (Fsp3) is 0.455. The summed E-state index contributed by atoms with van der Waals surface area (Å²) in [5.74, 6) is 0. The second kappa shape index (κ2) is 2.90. The summed E-state index contributed by atoms with van der Waals surface area (Å²) in [6, 6.07) is 6.03. The standard InChI is InChI=1S/C11H12Cl2/c1-11(2)6-10(13)8-5-7(12)3-4-9(8)11/h3-5,10H,6H2,1-2H3. The van der Waals surface area contributed by atoms with E-state index in [0.717, 1.165) is 11.4 Å². The van der Waals surface area contributed by atoms with E-state index in [1.165, 1.54) is 11.1 Å². The molecule has 1 aromatic rings. The lowest BCUT2D eigenvalue weighted by atomic mass is 9.87. The smallest absolute Gasteiger partial charge is 0.0596 e. The van der Waals surface area contributed by atoms with Crippen LogP contribution in [0.4, 0.5) is 0 Å². The van der Waals surface area contributed by atoms with E-state index >= 15 is 0 Å². The van der Waals surface area contributed by atoms with Gasteiger partial charge in [-0.1, -0.05) is 31.5 Å². The van der Waals surface area contributed by atoms with E-state index in [0.29, 0.717) is 0 Å². The first-order valence-electron chi connectivity index (χ1n) is 4.45. The number of hydrogen-bond acceptors (Lipinski definition) is 0. The molecule has 0 aromatic heterocycles. The van der Waals surface area contributed by atoms with E-state index in [9.17, 15) is 0 Å². The summed E-state index contributed by atoms with van der Waals surface area (Å²) in [7, 11) is 0. The van der Waals surface area contributed by atoms with Crippen LogP contribution in [0.1, 0.15) is 36.8 Å². The Kier molecular flexibility index (Phi) is 2.08. The number of hydrogen-bond donors (Lipinski definition) is 0. The Balaban J connectivity index is 2.59. The van der Waals surface area contributed by atoms with Crippen LogP contribution in [0, 0.1) is 0 Å². The maximum absolute atomic E-state index is 6.24. The van der Waals surface area contributed by atoms with Gasteiger partial charge in [0.2, 0.25) is 0 Å². The molecule has 0 bridgehead atoms. The Labute approximate surface area is 88.9 Å². The fourth-order valence-corrected chi connectivity index (χ4v) is 2.82. The third-order valence-corrected chi connectivity index (χ3v) is 3.39. The number of alkyl halides is 1. The fourth-order valence-electron chi connectivity index (χ4n) is 2.08. The van der Waals surface area contributed by atoms with Crippen LogP contribution < -0.4 is 0 Å². The number of fused-ring (bicyclic) bond motifs is 1. The maximum atomic E-state index is 6.24. The predicted molar refractivity (Wildman–Crippen MR) is 57.7 cm³/mol. The average Bonchev–Trinajstić information content (AvgIpc) is 2.22. The zero-order chi connectivity index (χ0) is 9.64. The average molecular weight is 215 g/mol. The van der Waals surface area contributed by atoms with Crippen molar-refractivity contribution in [3.63, 3.8) is 0 Å². The Morgan fingerprint density at radius 3 is 2.77 bits per heavy atom. The summed E-state index contributed by atoms with van der Waals surface area (Å²) < 4.78 is 0. The van der Waals surface area contributed by atoms with Gasteiger partial charge >= 0.3 is 0 Å². The quantitative estimate of drug-likeness (QED) is 0.566. The van der Waals surface area contributed by atoms with Crippen molar-refractivity contribution in [1.82, 2.24) is 0 Å². The molecule has 1 atom stereocenters. The molecule has 0 amide bonds. The molecule has 0 saturated heterocycles. The summed E-state index contributed by atoms with van der Waals surface area (Å²) in [6.45, 7) is 4.45. The molecule has 2 heteroatoms. The zero-order valence-electron chi connectivity index (χ0n) is 7.77. The molecule has 2 rings (SSSR count). The molecule has 0 radical (unpaired) electrons. The van der Waals surface area contributed by atoms with Crippen molar-refractivity contribution in [2.75, 3.05) is 0 Å². The van der Waals surface area contributed by atoms with Gasteiger partial charge in [-0.3, -0.25) is 0 Å². The molecule has 1 aromatic carbocycles. The highest BCUT2D eigenvalue weighted by Crippen LogP contribution is 2.48. The van der Waals surface area contributed by atoms with Crippen molar-refractivity contribution in [1.29, 1.82) is 0 Å². The summed E-state index contributed by atoms with van der Waals surface area (Å²) in [4.78, 5) is 0. The summed E-state index contributed by atoms with van der Waals surface area (Å²) >= 11 is 12.2. The van der Waals surface area contributed by atoms with Crippen molar-refractivity contribution in [3.8, 4) is 0 Å². The van der Waals surface area contributed by atoms with Crippen LogP contribution in [0.5, 0.6) is 0 Å². The number of rotatable bonds is 0. The van der Waals surface area contributed by atoms with Gasteiger partial charge in [0.25, 0.3) is 0 Å². The number of halogens is 2. The van der Waals surface area contributed by atoms with Crippen molar-refractivity contribution in [2.24, 2.45) is 0 Å². The van der Waals surface area contributed by atoms with Crippen LogP contribution in [0.2, 0.25) is 5.02 Å². The van der Waals surface area contributed by atoms with Crippen molar-refractivity contribution in [3.05, 3.63) is 34.3 Å². The first-order valence-corrected chi connectivity index (χ1v) is 5.26. The van der Waals surface area contributed by atoms with E-state index in [2.05, 4.69) is 19.9 Å². The van der Waals surface area contributed by atoms with Crippen LogP contribution >= 0.6 is 23.2 Å². The molecule has 0 fully saturated rings. The molecule has 1 aliphatic rings. The Bertz CT molecular complexity index is 342. The zero-order valence-corrected chi connectivity index (χ0v) is 9.28. The van der Waals surface area contributed by atoms with Gasteiger partial charge in [-0.2, -0.15) is 0 Å². The first kappa shape index (κ1) is 9.36. The van der Waals surface area contributed by atoms with Gasteiger partial charge in [-0.05, 0) is 35.1 Å². The van der Waals surface area contributed by atoms with E-state index < -0.39 is 0 Å². The van der Waals surface area contributed by atoms with Gasteiger partial charge in [-0.25, -0.2) is 0 Å². The Morgan fingerprint density at radius 1 is 1.38 bits per heavy atom. The third-order valence-electron chi connectivity index (χ3n) is 2.77. The molecule has 0 nitrogen and oxygen atoms in total. The molecular formula is C11H12Cl2. The minimum absolute atomic E-state index is 0.128. The van der Waals surface area contributed by atoms with Crippen LogP contribution in [0.15, 0.2) is 18.2 Å².